The minimum absolute atomic E-state index is 0.622. The highest BCUT2D eigenvalue weighted by molar-refractivity contribution is 6.81. The van der Waals surface area contributed by atoms with Crippen LogP contribution in [0.5, 0.6) is 0 Å². The Bertz CT molecular complexity index is 343. The van der Waals surface area contributed by atoms with Gasteiger partial charge in [-0.25, -0.2) is 4.79 Å². The van der Waals surface area contributed by atoms with E-state index in [9.17, 15) is 4.79 Å². The van der Waals surface area contributed by atoms with Gasteiger partial charge in [-0.2, -0.15) is 0 Å². The maximum Gasteiger partial charge on any atom is 0.513 e. The molecule has 0 heterocycles. The lowest BCUT2D eigenvalue weighted by Gasteiger charge is -2.17. The zero-order valence-corrected chi connectivity index (χ0v) is 12.9. The second-order valence-corrected chi connectivity index (χ2v) is 10.8. The predicted molar refractivity (Wildman–Crippen MR) is 76.1 cm³/mol. The van der Waals surface area contributed by atoms with Gasteiger partial charge in [0.25, 0.3) is 0 Å². The minimum Gasteiger partial charge on any atom is -0.437 e. The van der Waals surface area contributed by atoms with Crippen LogP contribution in [0.25, 0.3) is 0 Å². The molecule has 1 aliphatic carbocycles. The molecule has 4 heteroatoms. The molecule has 0 aliphatic heterocycles. The molecule has 3 nitrogen and oxygen atoms in total. The Morgan fingerprint density at radius 1 is 1.17 bits per heavy atom. The zero-order valence-electron chi connectivity index (χ0n) is 11.9. The van der Waals surface area contributed by atoms with Crippen molar-refractivity contribution in [1.29, 1.82) is 0 Å². The highest BCUT2D eigenvalue weighted by Gasteiger charge is 2.15. The van der Waals surface area contributed by atoms with Crippen LogP contribution in [0.1, 0.15) is 32.1 Å². The zero-order chi connectivity index (χ0) is 13.6. The number of carbonyl (C=O) groups excluding carboxylic acids is 1. The van der Waals surface area contributed by atoms with Gasteiger partial charge in [0.1, 0.15) is 5.76 Å². The monoisotopic (exact) mass is 268 g/mol. The maximum atomic E-state index is 11.3. The highest BCUT2D eigenvalue weighted by Crippen LogP contribution is 2.27. The van der Waals surface area contributed by atoms with E-state index < -0.39 is 14.2 Å². The van der Waals surface area contributed by atoms with Crippen LogP contribution in [-0.4, -0.2) is 21.3 Å². The summed E-state index contributed by atoms with van der Waals surface area (Å²) in [7, 11) is 0.0494. The third-order valence-corrected chi connectivity index (χ3v) is 4.07. The Hall–Kier alpha value is -1.03. The highest BCUT2D eigenvalue weighted by atomic mass is 28.3. The summed E-state index contributed by atoms with van der Waals surface area (Å²) in [5, 5.41) is 0. The number of ether oxygens (including phenoxy) is 2. The summed E-state index contributed by atoms with van der Waals surface area (Å²) in [6.07, 6.45) is 7.05. The summed E-state index contributed by atoms with van der Waals surface area (Å²) in [6, 6.07) is 0. The van der Waals surface area contributed by atoms with Gasteiger partial charge in [0.15, 0.2) is 0 Å². The van der Waals surface area contributed by atoms with Crippen LogP contribution in [0.3, 0.4) is 0 Å². The molecule has 0 amide bonds. The molecule has 0 bridgehead atoms. The summed E-state index contributed by atoms with van der Waals surface area (Å²) < 4.78 is 9.87. The lowest BCUT2D eigenvalue weighted by Crippen LogP contribution is -2.16. The topological polar surface area (TPSA) is 35.5 Å². The van der Waals surface area contributed by atoms with Crippen molar-refractivity contribution in [1.82, 2.24) is 0 Å². The van der Waals surface area contributed by atoms with Gasteiger partial charge in [-0.1, -0.05) is 31.8 Å². The Labute approximate surface area is 111 Å². The molecule has 0 N–H and O–H groups in total. The molecule has 18 heavy (non-hydrogen) atoms. The summed E-state index contributed by atoms with van der Waals surface area (Å²) in [4.78, 5) is 11.3. The van der Waals surface area contributed by atoms with E-state index in [-0.39, 0.29) is 0 Å². The van der Waals surface area contributed by atoms with Crippen LogP contribution in [-0.2, 0) is 9.47 Å². The number of hydrogen-bond donors (Lipinski definition) is 0. The first-order chi connectivity index (χ1) is 8.42. The Morgan fingerprint density at radius 2 is 1.78 bits per heavy atom. The van der Waals surface area contributed by atoms with E-state index >= 15 is 0 Å². The molecule has 1 rings (SSSR count). The van der Waals surface area contributed by atoms with E-state index in [0.717, 1.165) is 12.8 Å². The molecule has 0 aromatic heterocycles. The maximum absolute atomic E-state index is 11.3. The fraction of sp³-hybridized carbons (Fsp3) is 0.643. The Balaban J connectivity index is 2.87. The standard InChI is InChI=1S/C14H24O3Si/c1-16-14(15)17-13(10-11-18(2,3)4)12-8-6-5-7-9-12/h10-11H,5-9H2,1-4H3/b11-10+. The van der Waals surface area contributed by atoms with E-state index in [1.165, 1.54) is 31.9 Å². The van der Waals surface area contributed by atoms with Gasteiger partial charge in [0.05, 0.1) is 15.2 Å². The predicted octanol–water partition coefficient (Wildman–Crippen LogP) is 4.42. The third-order valence-electron chi connectivity index (χ3n) is 2.90. The van der Waals surface area contributed by atoms with Gasteiger partial charge in [-0.05, 0) is 37.3 Å². The molecular formula is C14H24O3Si. The average Bonchev–Trinajstić information content (AvgIpc) is 2.34. The van der Waals surface area contributed by atoms with E-state index in [4.69, 9.17) is 4.74 Å². The molecule has 1 saturated carbocycles. The molecule has 0 saturated heterocycles. The van der Waals surface area contributed by atoms with Gasteiger partial charge in [0.2, 0.25) is 0 Å². The van der Waals surface area contributed by atoms with E-state index in [1.54, 1.807) is 0 Å². The van der Waals surface area contributed by atoms with Crippen molar-refractivity contribution in [2.45, 2.75) is 51.7 Å². The fourth-order valence-electron chi connectivity index (χ4n) is 1.91. The van der Waals surface area contributed by atoms with E-state index in [2.05, 4.69) is 30.1 Å². The lowest BCUT2D eigenvalue weighted by molar-refractivity contribution is 0.0986. The van der Waals surface area contributed by atoms with Crippen molar-refractivity contribution in [3.63, 3.8) is 0 Å². The van der Waals surface area contributed by atoms with Crippen LogP contribution in [0, 0.1) is 0 Å². The molecule has 1 aliphatic rings. The number of hydrogen-bond acceptors (Lipinski definition) is 3. The van der Waals surface area contributed by atoms with Gasteiger partial charge >= 0.3 is 6.16 Å². The smallest absolute Gasteiger partial charge is 0.437 e. The first kappa shape index (κ1) is 15.0. The van der Waals surface area contributed by atoms with Crippen LogP contribution in [0.4, 0.5) is 4.79 Å². The van der Waals surface area contributed by atoms with Crippen molar-refractivity contribution in [2.24, 2.45) is 0 Å². The van der Waals surface area contributed by atoms with Crippen molar-refractivity contribution in [3.05, 3.63) is 23.1 Å². The van der Waals surface area contributed by atoms with Crippen LogP contribution in [0.15, 0.2) is 23.1 Å². The summed E-state index contributed by atoms with van der Waals surface area (Å²) in [5.41, 5.74) is 3.45. The van der Waals surface area contributed by atoms with Gasteiger partial charge < -0.3 is 9.47 Å². The molecule has 0 radical (unpaired) electrons. The number of allylic oxidation sites excluding steroid dienone is 2. The second kappa shape index (κ2) is 6.78. The molecule has 0 aromatic rings. The average molecular weight is 268 g/mol. The largest absolute Gasteiger partial charge is 0.513 e. The summed E-state index contributed by atoms with van der Waals surface area (Å²) in [6.45, 7) is 6.76. The van der Waals surface area contributed by atoms with E-state index in [1.807, 2.05) is 6.08 Å². The Morgan fingerprint density at radius 3 is 2.28 bits per heavy atom. The molecular weight excluding hydrogens is 244 g/mol. The number of carbonyl (C=O) groups is 1. The van der Waals surface area contributed by atoms with Crippen molar-refractivity contribution in [3.8, 4) is 0 Å². The van der Waals surface area contributed by atoms with Crippen molar-refractivity contribution in [2.75, 3.05) is 7.11 Å². The fourth-order valence-corrected chi connectivity index (χ4v) is 2.56. The normalized spacial score (nSPS) is 16.8. The number of rotatable bonds is 3. The quantitative estimate of drug-likeness (QED) is 0.432. The van der Waals surface area contributed by atoms with Gasteiger partial charge in [-0.3, -0.25) is 0 Å². The third kappa shape index (κ3) is 5.54. The summed E-state index contributed by atoms with van der Waals surface area (Å²) >= 11 is 0. The van der Waals surface area contributed by atoms with Gasteiger partial charge in [-0.15, -0.1) is 0 Å². The summed E-state index contributed by atoms with van der Waals surface area (Å²) in [5.74, 6) is 0.712. The first-order valence-corrected chi connectivity index (χ1v) is 10.2. The molecule has 0 unspecified atom stereocenters. The number of methoxy groups -OCH3 is 1. The molecule has 0 atom stereocenters. The second-order valence-electron chi connectivity index (χ2n) is 5.78. The van der Waals surface area contributed by atoms with Crippen LogP contribution >= 0.6 is 0 Å². The first-order valence-electron chi connectivity index (χ1n) is 6.59. The Kier molecular flexibility index (Phi) is 5.66. The molecule has 0 aromatic carbocycles. The molecule has 1 fully saturated rings. The minimum atomic E-state index is -1.29. The van der Waals surface area contributed by atoms with E-state index in [0.29, 0.717) is 5.76 Å². The van der Waals surface area contributed by atoms with Gasteiger partial charge in [0, 0.05) is 0 Å². The molecule has 102 valence electrons. The lowest BCUT2D eigenvalue weighted by atomic mass is 9.94. The van der Waals surface area contributed by atoms with Crippen molar-refractivity contribution < 1.29 is 14.3 Å². The van der Waals surface area contributed by atoms with Crippen LogP contribution < -0.4 is 0 Å². The van der Waals surface area contributed by atoms with Crippen molar-refractivity contribution >= 4 is 14.2 Å². The molecule has 0 spiro atoms. The van der Waals surface area contributed by atoms with Crippen LogP contribution in [0.2, 0.25) is 19.6 Å². The SMILES string of the molecule is COC(=O)OC(/C=C/[Si](C)(C)C)=C1CCCCC1.